The number of alkyl halides is 1. The molecular weight excluding hydrogens is 590 g/mol. The summed E-state index contributed by atoms with van der Waals surface area (Å²) in [7, 11) is -3.07. The van der Waals surface area contributed by atoms with Crippen molar-refractivity contribution in [2.45, 2.75) is 173 Å². The summed E-state index contributed by atoms with van der Waals surface area (Å²) >= 11 is 0. The fourth-order valence-electron chi connectivity index (χ4n) is 8.36. The second-order valence-electron chi connectivity index (χ2n) is 15.6. The molecule has 2 aliphatic carbocycles. The average molecular weight is 655 g/mol. The van der Waals surface area contributed by atoms with E-state index in [0.29, 0.717) is 18.4 Å². The van der Waals surface area contributed by atoms with Gasteiger partial charge >= 0.3 is 0 Å². The number of benzene rings is 1. The Morgan fingerprint density at radius 3 is 1.89 bits per heavy atom. The summed E-state index contributed by atoms with van der Waals surface area (Å²) in [5.41, 5.74) is -1.89. The Kier molecular flexibility index (Phi) is 15.4. The highest BCUT2D eigenvalue weighted by Gasteiger charge is 2.42. The van der Waals surface area contributed by atoms with Gasteiger partial charge in [0.25, 0.3) is 0 Å². The zero-order valence-electron chi connectivity index (χ0n) is 29.2. The summed E-state index contributed by atoms with van der Waals surface area (Å²) < 4.78 is 58.3. The first-order chi connectivity index (χ1) is 20.9. The van der Waals surface area contributed by atoms with Crippen molar-refractivity contribution in [2.24, 2.45) is 17.8 Å². The molecule has 0 saturated heterocycles. The lowest BCUT2D eigenvalue weighted by atomic mass is 9.67. The van der Waals surface area contributed by atoms with Crippen molar-refractivity contribution in [3.8, 4) is 5.75 Å². The highest BCUT2D eigenvalue weighted by atomic mass is 28.4. The summed E-state index contributed by atoms with van der Waals surface area (Å²) in [5.74, 6) is -0.125. The van der Waals surface area contributed by atoms with Crippen LogP contribution in [-0.4, -0.2) is 23.2 Å². The third-order valence-corrected chi connectivity index (χ3v) is 18.4. The predicted octanol–water partition coefficient (Wildman–Crippen LogP) is 12.9. The quantitative estimate of drug-likeness (QED) is 0.109. The monoisotopic (exact) mass is 654 g/mol. The summed E-state index contributed by atoms with van der Waals surface area (Å²) in [4.78, 5) is 0. The van der Waals surface area contributed by atoms with E-state index in [9.17, 15) is 4.39 Å². The Balaban J connectivity index is 1.31. The average Bonchev–Trinajstić information content (AvgIpc) is 2.96. The molecule has 2 saturated carbocycles. The number of rotatable bonds is 19. The molecule has 0 amide bonds. The van der Waals surface area contributed by atoms with Crippen molar-refractivity contribution in [2.75, 3.05) is 6.61 Å². The normalized spacial score (nSPS) is 24.9. The van der Waals surface area contributed by atoms with Gasteiger partial charge in [0, 0.05) is 5.56 Å². The largest absolute Gasteiger partial charge is 0.490 e. The third-order valence-electron chi connectivity index (χ3n) is 10.7. The maximum Gasteiger partial charge on any atom is 0.201 e. The van der Waals surface area contributed by atoms with Gasteiger partial charge in [-0.2, -0.15) is 4.39 Å². The second kappa shape index (κ2) is 17.9. The molecule has 1 aromatic rings. The lowest BCUT2D eigenvalue weighted by Crippen LogP contribution is -2.44. The number of hydrogen-bond donors (Lipinski definition) is 0. The molecule has 254 valence electrons. The summed E-state index contributed by atoms with van der Waals surface area (Å²) in [6.45, 7) is 14.3. The van der Waals surface area contributed by atoms with Crippen LogP contribution in [0.3, 0.4) is 0 Å². The molecule has 2 aliphatic rings. The van der Waals surface area contributed by atoms with Gasteiger partial charge in [0.2, 0.25) is 5.82 Å². The van der Waals surface area contributed by atoms with Gasteiger partial charge in [-0.15, -0.1) is 0 Å². The fourth-order valence-corrected chi connectivity index (χ4v) is 17.5. The Labute approximate surface area is 270 Å². The van der Waals surface area contributed by atoms with Gasteiger partial charge < -0.3 is 8.85 Å². The number of ether oxygens (including phenoxy) is 1. The van der Waals surface area contributed by atoms with Gasteiger partial charge in [-0.1, -0.05) is 84.5 Å². The first-order valence-electron chi connectivity index (χ1n) is 18.4. The number of halogens is 3. The molecule has 7 heteroatoms. The molecule has 0 aromatic heterocycles. The van der Waals surface area contributed by atoms with Crippen LogP contribution < -0.4 is 4.74 Å². The van der Waals surface area contributed by atoms with E-state index in [2.05, 4.69) is 40.0 Å². The fraction of sp³-hybridized carbons (Fsp3) is 0.838. The van der Waals surface area contributed by atoms with Crippen LogP contribution in [0, 0.1) is 29.4 Å². The second-order valence-corrected chi connectivity index (χ2v) is 24.4. The molecule has 0 atom stereocenters. The molecule has 44 heavy (non-hydrogen) atoms. The van der Waals surface area contributed by atoms with Crippen molar-refractivity contribution in [3.05, 3.63) is 29.3 Å². The SMILES string of the molecule is CCCC1CCC(C2CCC(F)(c3ccc(OCCCCCCCCC[Si](C)(C)O[Si](C)(C)CCC)c(F)c3F)CC2)CC1. The molecule has 3 rings (SSSR count). The third kappa shape index (κ3) is 11.8. The van der Waals surface area contributed by atoms with Crippen LogP contribution in [0.2, 0.25) is 38.3 Å². The first kappa shape index (κ1) is 37.7. The van der Waals surface area contributed by atoms with Crippen molar-refractivity contribution < 1.29 is 22.0 Å². The standard InChI is InChI=1S/C37H65F3O2Si2/c1-7-16-30-17-19-31(20-18-30)32-23-25-37(40,26-24-32)33-21-22-34(36(39)35(33)38)41-27-14-12-10-9-11-13-15-29-44(5,6)42-43(3,4)28-8-2/h21-22,30-32H,7-20,23-29H2,1-6H3. The van der Waals surface area contributed by atoms with E-state index in [4.69, 9.17) is 8.85 Å². The minimum Gasteiger partial charge on any atom is -0.490 e. The number of unbranched alkanes of at least 4 members (excludes halogenated alkanes) is 6. The number of hydrogen-bond acceptors (Lipinski definition) is 2. The van der Waals surface area contributed by atoms with E-state index in [1.165, 1.54) is 94.8 Å². The molecule has 2 nitrogen and oxygen atoms in total. The Morgan fingerprint density at radius 1 is 0.705 bits per heavy atom. The van der Waals surface area contributed by atoms with Crippen LogP contribution in [0.4, 0.5) is 13.2 Å². The maximum atomic E-state index is 16.0. The molecule has 0 N–H and O–H groups in total. The van der Waals surface area contributed by atoms with Gasteiger partial charge in [-0.3, -0.25) is 0 Å². The Bertz CT molecular complexity index is 970. The molecule has 0 spiro atoms. The van der Waals surface area contributed by atoms with Crippen LogP contribution in [0.1, 0.15) is 135 Å². The van der Waals surface area contributed by atoms with Crippen LogP contribution in [-0.2, 0) is 9.78 Å². The van der Waals surface area contributed by atoms with Gasteiger partial charge in [0.15, 0.2) is 28.2 Å². The Hall–Kier alpha value is -0.796. The molecule has 0 heterocycles. The zero-order chi connectivity index (χ0) is 32.2. The van der Waals surface area contributed by atoms with Crippen molar-refractivity contribution in [3.63, 3.8) is 0 Å². The Morgan fingerprint density at radius 2 is 1.27 bits per heavy atom. The van der Waals surface area contributed by atoms with Crippen LogP contribution in [0.5, 0.6) is 5.75 Å². The van der Waals surface area contributed by atoms with Gasteiger partial charge in [0.05, 0.1) is 6.61 Å². The highest BCUT2D eigenvalue weighted by molar-refractivity contribution is 6.84. The summed E-state index contributed by atoms with van der Waals surface area (Å²) in [6.07, 6.45) is 18.9. The van der Waals surface area contributed by atoms with Crippen molar-refractivity contribution >= 4 is 16.6 Å². The van der Waals surface area contributed by atoms with Gasteiger partial charge in [-0.05, 0) is 113 Å². The topological polar surface area (TPSA) is 18.5 Å². The van der Waals surface area contributed by atoms with Crippen LogP contribution in [0.25, 0.3) is 0 Å². The van der Waals surface area contributed by atoms with E-state index in [-0.39, 0.29) is 24.2 Å². The van der Waals surface area contributed by atoms with E-state index in [0.717, 1.165) is 38.0 Å². The van der Waals surface area contributed by atoms with Crippen LogP contribution in [0.15, 0.2) is 12.1 Å². The summed E-state index contributed by atoms with van der Waals surface area (Å²) in [6, 6.07) is 5.37. The lowest BCUT2D eigenvalue weighted by molar-refractivity contribution is 0.0487. The smallest absolute Gasteiger partial charge is 0.201 e. The minimum atomic E-state index is -1.78. The summed E-state index contributed by atoms with van der Waals surface area (Å²) in [5, 5.41) is 0. The zero-order valence-corrected chi connectivity index (χ0v) is 31.2. The molecular formula is C37H65F3O2Si2. The predicted molar refractivity (Wildman–Crippen MR) is 185 cm³/mol. The molecule has 0 unspecified atom stereocenters. The van der Waals surface area contributed by atoms with Crippen LogP contribution >= 0.6 is 0 Å². The van der Waals surface area contributed by atoms with Gasteiger partial charge in [0.1, 0.15) is 5.67 Å². The van der Waals surface area contributed by atoms with E-state index >= 15 is 8.78 Å². The molecule has 1 aromatic carbocycles. The maximum absolute atomic E-state index is 16.0. The molecule has 0 radical (unpaired) electrons. The van der Waals surface area contributed by atoms with Crippen molar-refractivity contribution in [1.82, 2.24) is 0 Å². The van der Waals surface area contributed by atoms with E-state index in [1.807, 2.05) is 0 Å². The lowest BCUT2D eigenvalue weighted by Gasteiger charge is -2.40. The molecule has 0 aliphatic heterocycles. The minimum absolute atomic E-state index is 0.0912. The molecule has 2 fully saturated rings. The van der Waals surface area contributed by atoms with E-state index in [1.54, 1.807) is 0 Å². The highest BCUT2D eigenvalue weighted by Crippen LogP contribution is 2.49. The first-order valence-corrected chi connectivity index (χ1v) is 24.6. The van der Waals surface area contributed by atoms with Gasteiger partial charge in [-0.25, -0.2) is 8.78 Å². The molecule has 0 bridgehead atoms. The van der Waals surface area contributed by atoms with E-state index < -0.39 is 33.9 Å². The van der Waals surface area contributed by atoms with Crippen molar-refractivity contribution in [1.29, 1.82) is 0 Å².